The van der Waals surface area contributed by atoms with Gasteiger partial charge in [0.25, 0.3) is 0 Å². The molecule has 21 heteroatoms. The molecule has 0 saturated carbocycles. The third-order valence-corrected chi connectivity index (χ3v) is 16.8. The first-order valence-corrected chi connectivity index (χ1v) is 32.4. The van der Waals surface area contributed by atoms with Crippen molar-refractivity contribution in [2.75, 3.05) is 29.5 Å². The SMILES string of the molecule is CC1(C)CN=C(c2ccc(C#Cc3cc4ccccc4nc3N)cc2)N1.Cc1ccc2cnc(N)c(/C=C/c3ccc(C(N)=NO)cc3)c2c1.N=C(ON)c1ccc(-c2ccc(-c3cc(N)nc4ccccc34)cc2)cc1.N=C(ON)c1ccc(-c2ncc(-c3cc(N)nc4ccccc34)o2)cc1. The monoisotopic (exact) mass is 1360 g/mol. The first-order valence-electron chi connectivity index (χ1n) is 32.4. The molecule has 18 N–H and O–H groups in total. The number of aryl methyl sites for hydroxylation is 1. The minimum absolute atomic E-state index is 0.0222. The number of nitrogens with zero attached hydrogens (tertiary/aromatic N) is 7. The van der Waals surface area contributed by atoms with Gasteiger partial charge in [-0.3, -0.25) is 15.8 Å². The molecule has 508 valence electrons. The number of pyridine rings is 4. The van der Waals surface area contributed by atoms with Gasteiger partial charge in [0.15, 0.2) is 11.6 Å². The Balaban J connectivity index is 0.000000130. The Morgan fingerprint density at radius 1 is 0.544 bits per heavy atom. The summed E-state index contributed by atoms with van der Waals surface area (Å²) in [5, 5.41) is 35.5. The molecule has 9 aromatic carbocycles. The molecule has 1 aliphatic rings. The largest absolute Gasteiger partial charge is 0.436 e. The predicted octanol–water partition coefficient (Wildman–Crippen LogP) is 14.5. The van der Waals surface area contributed by atoms with Gasteiger partial charge in [-0.1, -0.05) is 180 Å². The highest BCUT2D eigenvalue weighted by Gasteiger charge is 2.25. The number of anilines is 4. The summed E-state index contributed by atoms with van der Waals surface area (Å²) in [5.74, 6) is 20.2. The number of oxime groups is 1. The molecule has 0 atom stereocenters. The molecule has 0 amide bonds. The average Bonchev–Trinajstić information content (AvgIpc) is 1.70. The van der Waals surface area contributed by atoms with E-state index in [0.717, 1.165) is 117 Å². The Morgan fingerprint density at radius 3 is 1.71 bits per heavy atom. The van der Waals surface area contributed by atoms with Crippen LogP contribution < -0.4 is 45.8 Å². The van der Waals surface area contributed by atoms with Crippen molar-refractivity contribution in [3.8, 4) is 56.9 Å². The fraction of sp³-hybridized carbons (Fsp3) is 0.0610. The molecule has 15 rings (SSSR count). The molecular weight excluding hydrogens is 1290 g/mol. The van der Waals surface area contributed by atoms with Gasteiger partial charge in [-0.25, -0.2) is 24.9 Å². The normalized spacial score (nSPS) is 12.2. The van der Waals surface area contributed by atoms with Crippen molar-refractivity contribution < 1.29 is 19.3 Å². The van der Waals surface area contributed by atoms with Crippen LogP contribution in [0.4, 0.5) is 23.3 Å². The van der Waals surface area contributed by atoms with Crippen molar-refractivity contribution >= 4 is 102 Å². The van der Waals surface area contributed by atoms with Crippen molar-refractivity contribution in [3.05, 3.63) is 293 Å². The summed E-state index contributed by atoms with van der Waals surface area (Å²) in [4.78, 5) is 35.2. The maximum atomic E-state index is 8.69. The summed E-state index contributed by atoms with van der Waals surface area (Å²) in [6.45, 7) is 7.13. The lowest BCUT2D eigenvalue weighted by Gasteiger charge is -2.18. The Morgan fingerprint density at radius 2 is 1.10 bits per heavy atom. The molecule has 1 aliphatic heterocycles. The van der Waals surface area contributed by atoms with Gasteiger partial charge in [0, 0.05) is 72.2 Å². The molecule has 0 saturated heterocycles. The number of para-hydroxylation sites is 3. The number of hydrogen-bond donors (Lipinski definition) is 11. The zero-order valence-corrected chi connectivity index (χ0v) is 56.3. The molecule has 103 heavy (non-hydrogen) atoms. The third kappa shape index (κ3) is 16.4. The number of nitrogens with one attached hydrogen (secondary N) is 3. The molecule has 0 bridgehead atoms. The minimum Gasteiger partial charge on any atom is -0.436 e. The molecule has 14 aromatic rings. The van der Waals surface area contributed by atoms with E-state index in [2.05, 4.69) is 125 Å². The predicted molar refractivity (Wildman–Crippen MR) is 414 cm³/mol. The first kappa shape index (κ1) is 68.9. The Kier molecular flexibility index (Phi) is 20.6. The Hall–Kier alpha value is -14.1. The van der Waals surface area contributed by atoms with E-state index in [1.807, 2.05) is 158 Å². The van der Waals surface area contributed by atoms with Crippen LogP contribution in [0.2, 0.25) is 0 Å². The Bertz CT molecular complexity index is 5630. The van der Waals surface area contributed by atoms with E-state index in [1.54, 1.807) is 54.9 Å². The second-order valence-corrected chi connectivity index (χ2v) is 24.6. The zero-order chi connectivity index (χ0) is 72.2. The summed E-state index contributed by atoms with van der Waals surface area (Å²) in [6.07, 6.45) is 7.37. The second kappa shape index (κ2) is 30.8. The quantitative estimate of drug-likeness (QED) is 0.0199. The number of aromatic nitrogens is 5. The number of aliphatic imine (C=N–C) groups is 1. The number of rotatable bonds is 10. The van der Waals surface area contributed by atoms with Gasteiger partial charge in [0.1, 0.15) is 29.1 Å². The van der Waals surface area contributed by atoms with Crippen LogP contribution in [0.15, 0.2) is 257 Å². The second-order valence-electron chi connectivity index (χ2n) is 24.6. The summed E-state index contributed by atoms with van der Waals surface area (Å²) < 4.78 is 5.94. The molecule has 6 heterocycles. The van der Waals surface area contributed by atoms with E-state index < -0.39 is 0 Å². The van der Waals surface area contributed by atoms with Gasteiger partial charge in [0.05, 0.1) is 40.4 Å². The smallest absolute Gasteiger partial charge is 0.237 e. The highest BCUT2D eigenvalue weighted by Crippen LogP contribution is 2.35. The lowest BCUT2D eigenvalue weighted by Crippen LogP contribution is -2.39. The highest BCUT2D eigenvalue weighted by atomic mass is 16.6. The lowest BCUT2D eigenvalue weighted by atomic mass is 9.97. The van der Waals surface area contributed by atoms with Crippen LogP contribution in [0.1, 0.15) is 63.9 Å². The molecule has 0 fully saturated rings. The number of oxazole rings is 1. The van der Waals surface area contributed by atoms with Gasteiger partial charge >= 0.3 is 0 Å². The van der Waals surface area contributed by atoms with E-state index in [0.29, 0.717) is 51.6 Å². The summed E-state index contributed by atoms with van der Waals surface area (Å²) in [6, 6.07) is 73.7. The zero-order valence-electron chi connectivity index (χ0n) is 56.3. The van der Waals surface area contributed by atoms with Crippen molar-refractivity contribution in [1.29, 1.82) is 10.8 Å². The molecule has 5 aromatic heterocycles. The van der Waals surface area contributed by atoms with E-state index in [-0.39, 0.29) is 23.2 Å². The minimum atomic E-state index is -0.108. The van der Waals surface area contributed by atoms with E-state index in [4.69, 9.17) is 60.9 Å². The molecule has 0 radical (unpaired) electrons. The van der Waals surface area contributed by atoms with Gasteiger partial charge in [-0.2, -0.15) is 11.8 Å². The maximum Gasteiger partial charge on any atom is 0.237 e. The molecular formula is C82H71N17O4. The van der Waals surface area contributed by atoms with Crippen LogP contribution in [0.25, 0.3) is 101 Å². The van der Waals surface area contributed by atoms with Gasteiger partial charge in [-0.05, 0) is 139 Å². The summed E-state index contributed by atoms with van der Waals surface area (Å²) >= 11 is 0. The van der Waals surface area contributed by atoms with Crippen molar-refractivity contribution in [2.45, 2.75) is 26.3 Å². The van der Waals surface area contributed by atoms with Gasteiger partial charge < -0.3 is 53.3 Å². The highest BCUT2D eigenvalue weighted by molar-refractivity contribution is 6.02. The number of nitrogens with two attached hydrogens (primary N) is 7. The summed E-state index contributed by atoms with van der Waals surface area (Å²) in [5.41, 5.74) is 45.7. The topological polar surface area (TPSA) is 383 Å². The number of benzene rings is 9. The van der Waals surface area contributed by atoms with Crippen LogP contribution in [-0.4, -0.2) is 65.7 Å². The van der Waals surface area contributed by atoms with Crippen LogP contribution >= 0.6 is 0 Å². The van der Waals surface area contributed by atoms with Crippen LogP contribution in [-0.2, 0) is 9.68 Å². The molecule has 0 aliphatic carbocycles. The van der Waals surface area contributed by atoms with Gasteiger partial charge in [-0.15, -0.1) is 0 Å². The maximum absolute atomic E-state index is 8.69. The average molecular weight is 1360 g/mol. The van der Waals surface area contributed by atoms with Crippen molar-refractivity contribution in [3.63, 3.8) is 0 Å². The number of hydrogen-bond acceptors (Lipinski definition) is 20. The van der Waals surface area contributed by atoms with Crippen LogP contribution in [0.5, 0.6) is 0 Å². The number of fused-ring (bicyclic) bond motifs is 4. The van der Waals surface area contributed by atoms with Crippen molar-refractivity contribution in [2.24, 2.45) is 27.7 Å². The molecule has 0 unspecified atom stereocenters. The standard InChI is InChI=1S/C22H18N4O.C22H20N4.C19H15N5O2.C19H18N4O/c23-21-13-19(18-3-1-2-4-20(18)26-21)16-9-5-14(6-10-16)15-7-11-17(12-8-15)22(24)27-25;1-22(2)14-24-21(26-22)16-10-7-15(8-11-16)9-12-18-13-17-5-3-4-6-19(17)25-20(18)23;20-17-9-14(13-3-1-2-4-15(13)24-17)16-10-23-19(25-16)12-7-5-11(6-8-12)18(21)26-22;1-12-2-6-15-11-22-19(21)16(17(15)10-12)9-5-13-3-7-14(8-4-13)18(20)23-24/h1-13,24H,25H2,(H2,23,26);3-8,10-11,13H,14H2,1-2H3,(H2,23,25)(H,24,26);1-10,21H,22H2,(H2,20,24);2-11,24H,1H3,(H2,20,23)(H2,21,22)/b;;;9-5+. The Labute approximate surface area is 593 Å². The van der Waals surface area contributed by atoms with Crippen molar-refractivity contribution in [1.82, 2.24) is 30.2 Å². The molecule has 21 nitrogen and oxygen atoms in total. The van der Waals surface area contributed by atoms with E-state index in [9.17, 15) is 0 Å². The fourth-order valence-corrected chi connectivity index (χ4v) is 11.4. The first-order chi connectivity index (χ1) is 49.9. The molecule has 0 spiro atoms. The fourth-order valence-electron chi connectivity index (χ4n) is 11.4. The number of nitrogen functional groups attached to an aromatic ring is 4. The third-order valence-electron chi connectivity index (χ3n) is 16.8. The van der Waals surface area contributed by atoms with Crippen LogP contribution in [0, 0.1) is 29.6 Å². The van der Waals surface area contributed by atoms with E-state index in [1.165, 1.54) is 5.56 Å². The summed E-state index contributed by atoms with van der Waals surface area (Å²) in [7, 11) is 0. The number of amidine groups is 2. The van der Waals surface area contributed by atoms with E-state index >= 15 is 0 Å². The van der Waals surface area contributed by atoms with Gasteiger partial charge in [0.2, 0.25) is 17.7 Å². The van der Waals surface area contributed by atoms with Crippen LogP contribution in [0.3, 0.4) is 0 Å². The lowest BCUT2D eigenvalue weighted by molar-refractivity contribution is 0.318.